The Morgan fingerprint density at radius 1 is 1.53 bits per heavy atom. The van der Waals surface area contributed by atoms with E-state index in [1.807, 2.05) is 13.8 Å². The second-order valence-corrected chi connectivity index (χ2v) is 4.66. The molecule has 17 heavy (non-hydrogen) atoms. The number of amides is 1. The van der Waals surface area contributed by atoms with Crippen LogP contribution in [0.1, 0.15) is 44.0 Å². The van der Waals surface area contributed by atoms with Crippen LogP contribution in [0.15, 0.2) is 18.3 Å². The number of nitrogen functional groups attached to an aromatic ring is 1. The molecule has 0 aliphatic carbocycles. The molecule has 0 aromatic carbocycles. The lowest BCUT2D eigenvalue weighted by molar-refractivity contribution is 0.0909. The number of aromatic nitrogens is 1. The molecule has 94 valence electrons. The molecule has 0 aliphatic rings. The highest BCUT2D eigenvalue weighted by Gasteiger charge is 2.20. The van der Waals surface area contributed by atoms with Crippen LogP contribution < -0.4 is 16.6 Å². The third-order valence-electron chi connectivity index (χ3n) is 2.50. The summed E-state index contributed by atoms with van der Waals surface area (Å²) in [6.07, 6.45) is 3.52. The van der Waals surface area contributed by atoms with E-state index in [2.05, 4.69) is 22.7 Å². The Labute approximate surface area is 102 Å². The first-order valence-corrected chi connectivity index (χ1v) is 5.73. The first-order valence-electron chi connectivity index (χ1n) is 5.73. The van der Waals surface area contributed by atoms with Crippen LogP contribution in [0.4, 0.5) is 5.82 Å². The van der Waals surface area contributed by atoms with E-state index in [4.69, 9.17) is 5.84 Å². The van der Waals surface area contributed by atoms with Crippen molar-refractivity contribution in [3.63, 3.8) is 0 Å². The van der Waals surface area contributed by atoms with Gasteiger partial charge < -0.3 is 10.7 Å². The highest BCUT2D eigenvalue weighted by molar-refractivity contribution is 5.95. The van der Waals surface area contributed by atoms with E-state index < -0.39 is 0 Å². The summed E-state index contributed by atoms with van der Waals surface area (Å²) in [5.74, 6) is 5.62. The van der Waals surface area contributed by atoms with Crippen molar-refractivity contribution in [2.75, 3.05) is 5.43 Å². The van der Waals surface area contributed by atoms with Crippen molar-refractivity contribution in [3.8, 4) is 0 Å². The van der Waals surface area contributed by atoms with Gasteiger partial charge in [0.2, 0.25) is 0 Å². The first-order chi connectivity index (χ1) is 7.98. The molecular weight excluding hydrogens is 216 g/mol. The van der Waals surface area contributed by atoms with Crippen LogP contribution in [0, 0.1) is 0 Å². The predicted molar refractivity (Wildman–Crippen MR) is 68.5 cm³/mol. The molecule has 1 rings (SSSR count). The first kappa shape index (κ1) is 13.4. The van der Waals surface area contributed by atoms with Crippen molar-refractivity contribution in [1.82, 2.24) is 10.3 Å². The van der Waals surface area contributed by atoms with E-state index in [0.29, 0.717) is 11.4 Å². The van der Waals surface area contributed by atoms with Gasteiger partial charge in [-0.05, 0) is 32.4 Å². The number of carbonyl (C=O) groups is 1. The quantitative estimate of drug-likeness (QED) is 0.536. The SMILES string of the molecule is CCCC(C)(C)NC(=O)c1ccnc(NN)c1. The van der Waals surface area contributed by atoms with Gasteiger partial charge in [0, 0.05) is 17.3 Å². The summed E-state index contributed by atoms with van der Waals surface area (Å²) in [5.41, 5.74) is 2.77. The Hall–Kier alpha value is -1.62. The molecule has 1 heterocycles. The third kappa shape index (κ3) is 4.03. The molecule has 5 heteroatoms. The molecule has 0 fully saturated rings. The zero-order chi connectivity index (χ0) is 12.9. The molecule has 4 N–H and O–H groups in total. The monoisotopic (exact) mass is 236 g/mol. The van der Waals surface area contributed by atoms with Crippen molar-refractivity contribution in [2.24, 2.45) is 5.84 Å². The minimum Gasteiger partial charge on any atom is -0.347 e. The van der Waals surface area contributed by atoms with Crippen LogP contribution in [-0.4, -0.2) is 16.4 Å². The van der Waals surface area contributed by atoms with Gasteiger partial charge in [-0.1, -0.05) is 13.3 Å². The fourth-order valence-corrected chi connectivity index (χ4v) is 1.72. The molecule has 0 unspecified atom stereocenters. The standard InChI is InChI=1S/C12H20N4O/c1-4-6-12(2,3)15-11(17)9-5-7-14-10(8-9)16-13/h5,7-8H,4,6,13H2,1-3H3,(H,14,16)(H,15,17). The normalized spacial score (nSPS) is 11.1. The van der Waals surface area contributed by atoms with Crippen LogP contribution >= 0.6 is 0 Å². The third-order valence-corrected chi connectivity index (χ3v) is 2.50. The Balaban J connectivity index is 2.75. The molecular formula is C12H20N4O. The minimum atomic E-state index is -0.203. The van der Waals surface area contributed by atoms with Crippen molar-refractivity contribution >= 4 is 11.7 Å². The maximum atomic E-state index is 12.0. The summed E-state index contributed by atoms with van der Waals surface area (Å²) in [6.45, 7) is 6.12. The van der Waals surface area contributed by atoms with Gasteiger partial charge in [0.25, 0.3) is 5.91 Å². The van der Waals surface area contributed by atoms with Gasteiger partial charge in [0.15, 0.2) is 0 Å². The van der Waals surface area contributed by atoms with Crippen LogP contribution in [0.25, 0.3) is 0 Å². The van der Waals surface area contributed by atoms with Crippen molar-refractivity contribution < 1.29 is 4.79 Å². The summed E-state index contributed by atoms with van der Waals surface area (Å²) in [7, 11) is 0. The van der Waals surface area contributed by atoms with Crippen LogP contribution in [-0.2, 0) is 0 Å². The van der Waals surface area contributed by atoms with E-state index in [9.17, 15) is 4.79 Å². The Kier molecular flexibility index (Phi) is 4.45. The average molecular weight is 236 g/mol. The number of carbonyl (C=O) groups excluding carboxylic acids is 1. The van der Waals surface area contributed by atoms with Crippen LogP contribution in [0.2, 0.25) is 0 Å². The molecule has 1 amide bonds. The summed E-state index contributed by atoms with van der Waals surface area (Å²) in [4.78, 5) is 16.0. The number of anilines is 1. The Morgan fingerprint density at radius 2 is 2.24 bits per heavy atom. The number of hydrogen-bond acceptors (Lipinski definition) is 4. The summed E-state index contributed by atoms with van der Waals surface area (Å²) >= 11 is 0. The van der Waals surface area contributed by atoms with Gasteiger partial charge in [0.05, 0.1) is 0 Å². The van der Waals surface area contributed by atoms with Crippen molar-refractivity contribution in [1.29, 1.82) is 0 Å². The highest BCUT2D eigenvalue weighted by atomic mass is 16.1. The van der Waals surface area contributed by atoms with Crippen LogP contribution in [0.3, 0.4) is 0 Å². The summed E-state index contributed by atoms with van der Waals surface area (Å²) in [6, 6.07) is 3.29. The maximum absolute atomic E-state index is 12.0. The summed E-state index contributed by atoms with van der Waals surface area (Å²) < 4.78 is 0. The maximum Gasteiger partial charge on any atom is 0.251 e. The molecule has 0 saturated carbocycles. The van der Waals surface area contributed by atoms with Gasteiger partial charge in [0.1, 0.15) is 5.82 Å². The highest BCUT2D eigenvalue weighted by Crippen LogP contribution is 2.13. The van der Waals surface area contributed by atoms with Gasteiger partial charge in [-0.2, -0.15) is 0 Å². The molecule has 5 nitrogen and oxygen atoms in total. The topological polar surface area (TPSA) is 80.0 Å². The van der Waals surface area contributed by atoms with E-state index >= 15 is 0 Å². The zero-order valence-electron chi connectivity index (χ0n) is 10.6. The lowest BCUT2D eigenvalue weighted by atomic mass is 9.98. The largest absolute Gasteiger partial charge is 0.347 e. The van der Waals surface area contributed by atoms with E-state index in [0.717, 1.165) is 12.8 Å². The zero-order valence-corrected chi connectivity index (χ0v) is 10.6. The fraction of sp³-hybridized carbons (Fsp3) is 0.500. The number of nitrogens with zero attached hydrogens (tertiary/aromatic N) is 1. The molecule has 0 aliphatic heterocycles. The Bertz CT molecular complexity index is 390. The van der Waals surface area contributed by atoms with E-state index in [1.165, 1.54) is 0 Å². The lowest BCUT2D eigenvalue weighted by Crippen LogP contribution is -2.43. The number of pyridine rings is 1. The number of hydrogen-bond donors (Lipinski definition) is 3. The molecule has 0 bridgehead atoms. The second kappa shape index (κ2) is 5.63. The number of hydrazine groups is 1. The van der Waals surface area contributed by atoms with E-state index in [1.54, 1.807) is 18.3 Å². The Morgan fingerprint density at radius 3 is 2.82 bits per heavy atom. The smallest absolute Gasteiger partial charge is 0.251 e. The second-order valence-electron chi connectivity index (χ2n) is 4.66. The predicted octanol–water partition coefficient (Wildman–Crippen LogP) is 1.68. The van der Waals surface area contributed by atoms with Crippen molar-refractivity contribution in [3.05, 3.63) is 23.9 Å². The summed E-state index contributed by atoms with van der Waals surface area (Å²) in [5, 5.41) is 2.99. The molecule has 0 atom stereocenters. The molecule has 1 aromatic heterocycles. The molecule has 1 aromatic rings. The van der Waals surface area contributed by atoms with Crippen LogP contribution in [0.5, 0.6) is 0 Å². The lowest BCUT2D eigenvalue weighted by Gasteiger charge is -2.25. The van der Waals surface area contributed by atoms with Gasteiger partial charge >= 0.3 is 0 Å². The average Bonchev–Trinajstić information content (AvgIpc) is 2.28. The minimum absolute atomic E-state index is 0.109. The fourth-order valence-electron chi connectivity index (χ4n) is 1.72. The molecule has 0 spiro atoms. The molecule has 0 radical (unpaired) electrons. The number of rotatable bonds is 5. The van der Waals surface area contributed by atoms with Gasteiger partial charge in [-0.3, -0.25) is 4.79 Å². The number of nitrogens with one attached hydrogen (secondary N) is 2. The van der Waals surface area contributed by atoms with Gasteiger partial charge in [-0.15, -0.1) is 0 Å². The number of nitrogens with two attached hydrogens (primary N) is 1. The van der Waals surface area contributed by atoms with Crippen molar-refractivity contribution in [2.45, 2.75) is 39.2 Å². The van der Waals surface area contributed by atoms with E-state index in [-0.39, 0.29) is 11.4 Å². The molecule has 0 saturated heterocycles. The van der Waals surface area contributed by atoms with Gasteiger partial charge in [-0.25, -0.2) is 10.8 Å².